The molecule has 2 atom stereocenters. The largest absolute Gasteiger partial charge is 0.385 e. The molecular formula is C12H23NO. The molecule has 2 fully saturated rings. The lowest BCUT2D eigenvalue weighted by molar-refractivity contribution is 0.0983. The van der Waals surface area contributed by atoms with E-state index in [0.29, 0.717) is 0 Å². The third-order valence-corrected chi connectivity index (χ3v) is 4.11. The first-order valence-corrected chi connectivity index (χ1v) is 6.11. The van der Waals surface area contributed by atoms with Crippen LogP contribution in [0.25, 0.3) is 0 Å². The quantitative estimate of drug-likeness (QED) is 0.728. The van der Waals surface area contributed by atoms with Crippen LogP contribution in [0.4, 0.5) is 0 Å². The van der Waals surface area contributed by atoms with Gasteiger partial charge in [-0.05, 0) is 43.7 Å². The zero-order chi connectivity index (χ0) is 9.80. The second-order valence-electron chi connectivity index (χ2n) is 4.89. The van der Waals surface area contributed by atoms with E-state index in [1.807, 2.05) is 7.11 Å². The lowest BCUT2D eigenvalue weighted by Crippen LogP contribution is -2.30. The molecule has 1 aliphatic heterocycles. The van der Waals surface area contributed by atoms with Gasteiger partial charge in [0.1, 0.15) is 0 Å². The molecule has 2 heteroatoms. The van der Waals surface area contributed by atoms with Gasteiger partial charge in [-0.2, -0.15) is 0 Å². The second-order valence-corrected chi connectivity index (χ2v) is 4.89. The number of hydrogen-bond acceptors (Lipinski definition) is 2. The molecule has 2 rings (SSSR count). The van der Waals surface area contributed by atoms with E-state index in [2.05, 4.69) is 5.32 Å². The van der Waals surface area contributed by atoms with Crippen molar-refractivity contribution >= 4 is 0 Å². The summed E-state index contributed by atoms with van der Waals surface area (Å²) in [5.74, 6) is 2.91. The van der Waals surface area contributed by atoms with Gasteiger partial charge in [-0.15, -0.1) is 0 Å². The molecule has 1 saturated carbocycles. The Morgan fingerprint density at radius 2 is 2.14 bits per heavy atom. The molecule has 0 bridgehead atoms. The van der Waals surface area contributed by atoms with Gasteiger partial charge in [0.25, 0.3) is 0 Å². The molecule has 2 aliphatic rings. The summed E-state index contributed by atoms with van der Waals surface area (Å²) in [6.45, 7) is 3.45. The highest BCUT2D eigenvalue weighted by molar-refractivity contribution is 4.86. The molecule has 0 aromatic carbocycles. The molecule has 1 aliphatic carbocycles. The van der Waals surface area contributed by atoms with Crippen LogP contribution in [0, 0.1) is 17.8 Å². The Bertz CT molecular complexity index is 162. The van der Waals surface area contributed by atoms with Crippen molar-refractivity contribution in [3.8, 4) is 0 Å². The van der Waals surface area contributed by atoms with Crippen molar-refractivity contribution in [3.05, 3.63) is 0 Å². The minimum absolute atomic E-state index is 0.940. The highest BCUT2D eigenvalue weighted by Crippen LogP contribution is 2.40. The number of nitrogens with one attached hydrogen (secondary N) is 1. The van der Waals surface area contributed by atoms with E-state index in [-0.39, 0.29) is 0 Å². The van der Waals surface area contributed by atoms with Crippen LogP contribution < -0.4 is 5.32 Å². The van der Waals surface area contributed by atoms with E-state index in [9.17, 15) is 0 Å². The first-order valence-electron chi connectivity index (χ1n) is 6.11. The maximum Gasteiger partial charge on any atom is 0.0465 e. The van der Waals surface area contributed by atoms with Crippen LogP contribution in [-0.2, 0) is 4.74 Å². The average Bonchev–Trinajstić information content (AvgIpc) is 2.61. The fourth-order valence-electron chi connectivity index (χ4n) is 3.02. The molecule has 2 nitrogen and oxygen atoms in total. The lowest BCUT2D eigenvalue weighted by atomic mass is 9.69. The molecule has 14 heavy (non-hydrogen) atoms. The van der Waals surface area contributed by atoms with Gasteiger partial charge in [-0.3, -0.25) is 0 Å². The molecule has 1 saturated heterocycles. The third kappa shape index (κ3) is 2.29. The van der Waals surface area contributed by atoms with Crippen molar-refractivity contribution in [1.82, 2.24) is 5.32 Å². The maximum atomic E-state index is 5.23. The Morgan fingerprint density at radius 3 is 2.64 bits per heavy atom. The predicted molar refractivity (Wildman–Crippen MR) is 58.3 cm³/mol. The number of rotatable bonds is 5. The minimum atomic E-state index is 0.940. The van der Waals surface area contributed by atoms with E-state index in [0.717, 1.165) is 24.4 Å². The van der Waals surface area contributed by atoms with Gasteiger partial charge in [0.05, 0.1) is 0 Å². The van der Waals surface area contributed by atoms with Crippen LogP contribution in [0.15, 0.2) is 0 Å². The molecule has 82 valence electrons. The maximum absolute atomic E-state index is 5.23. The van der Waals surface area contributed by atoms with Crippen LogP contribution in [0.2, 0.25) is 0 Å². The zero-order valence-electron chi connectivity index (χ0n) is 9.30. The first-order chi connectivity index (χ1) is 6.92. The monoisotopic (exact) mass is 197 g/mol. The second kappa shape index (κ2) is 5.13. The Morgan fingerprint density at radius 1 is 1.29 bits per heavy atom. The Labute approximate surface area is 87.4 Å². The Hall–Kier alpha value is -0.0800. The van der Waals surface area contributed by atoms with Gasteiger partial charge in [0.2, 0.25) is 0 Å². The SMILES string of the molecule is COCCC(C1CCC1)C1CCNC1. The zero-order valence-corrected chi connectivity index (χ0v) is 9.30. The molecule has 0 radical (unpaired) electrons. The van der Waals surface area contributed by atoms with E-state index in [1.165, 1.54) is 45.2 Å². The van der Waals surface area contributed by atoms with Crippen molar-refractivity contribution in [3.63, 3.8) is 0 Å². The topological polar surface area (TPSA) is 21.3 Å². The highest BCUT2D eigenvalue weighted by Gasteiger charge is 2.33. The number of hydrogen-bond donors (Lipinski definition) is 1. The number of methoxy groups -OCH3 is 1. The molecule has 1 N–H and O–H groups in total. The molecule has 0 aromatic heterocycles. The van der Waals surface area contributed by atoms with Gasteiger partial charge in [0, 0.05) is 13.7 Å². The van der Waals surface area contributed by atoms with Gasteiger partial charge in [-0.25, -0.2) is 0 Å². The molecule has 0 amide bonds. The van der Waals surface area contributed by atoms with E-state index in [4.69, 9.17) is 4.74 Å². The summed E-state index contributed by atoms with van der Waals surface area (Å²) in [4.78, 5) is 0. The molecular weight excluding hydrogens is 174 g/mol. The smallest absolute Gasteiger partial charge is 0.0465 e. The first kappa shape index (κ1) is 10.4. The summed E-state index contributed by atoms with van der Waals surface area (Å²) < 4.78 is 5.23. The van der Waals surface area contributed by atoms with Crippen molar-refractivity contribution in [2.45, 2.75) is 32.1 Å². The van der Waals surface area contributed by atoms with Crippen molar-refractivity contribution in [2.24, 2.45) is 17.8 Å². The van der Waals surface area contributed by atoms with E-state index in [1.54, 1.807) is 0 Å². The van der Waals surface area contributed by atoms with Gasteiger partial charge < -0.3 is 10.1 Å². The Kier molecular flexibility index (Phi) is 3.82. The minimum Gasteiger partial charge on any atom is -0.385 e. The van der Waals surface area contributed by atoms with Crippen LogP contribution in [0.5, 0.6) is 0 Å². The van der Waals surface area contributed by atoms with Crippen molar-refractivity contribution in [2.75, 3.05) is 26.8 Å². The Balaban J connectivity index is 1.83. The summed E-state index contributed by atoms with van der Waals surface area (Å²) in [5, 5.41) is 3.49. The average molecular weight is 197 g/mol. The standard InChI is InChI=1S/C12H23NO/c1-14-8-6-12(10-3-2-4-10)11-5-7-13-9-11/h10-13H,2-9H2,1H3. The molecule has 0 aromatic rings. The van der Waals surface area contributed by atoms with Crippen molar-refractivity contribution in [1.29, 1.82) is 0 Å². The van der Waals surface area contributed by atoms with Gasteiger partial charge >= 0.3 is 0 Å². The summed E-state index contributed by atoms with van der Waals surface area (Å²) in [6, 6.07) is 0. The lowest BCUT2D eigenvalue weighted by Gasteiger charge is -2.37. The summed E-state index contributed by atoms with van der Waals surface area (Å²) in [5.41, 5.74) is 0. The summed E-state index contributed by atoms with van der Waals surface area (Å²) >= 11 is 0. The third-order valence-electron chi connectivity index (χ3n) is 4.11. The van der Waals surface area contributed by atoms with Crippen LogP contribution >= 0.6 is 0 Å². The molecule has 0 spiro atoms. The number of ether oxygens (including phenoxy) is 1. The fourth-order valence-corrected chi connectivity index (χ4v) is 3.02. The van der Waals surface area contributed by atoms with E-state index >= 15 is 0 Å². The fraction of sp³-hybridized carbons (Fsp3) is 1.00. The van der Waals surface area contributed by atoms with Crippen LogP contribution in [0.1, 0.15) is 32.1 Å². The highest BCUT2D eigenvalue weighted by atomic mass is 16.5. The predicted octanol–water partition coefficient (Wildman–Crippen LogP) is 2.05. The summed E-state index contributed by atoms with van der Waals surface area (Å²) in [6.07, 6.45) is 7.10. The van der Waals surface area contributed by atoms with Gasteiger partial charge in [0.15, 0.2) is 0 Å². The molecule has 2 unspecified atom stereocenters. The van der Waals surface area contributed by atoms with Crippen LogP contribution in [-0.4, -0.2) is 26.8 Å². The molecule has 1 heterocycles. The summed E-state index contributed by atoms with van der Waals surface area (Å²) in [7, 11) is 1.82. The normalized spacial score (nSPS) is 30.2. The van der Waals surface area contributed by atoms with Crippen molar-refractivity contribution < 1.29 is 4.74 Å². The van der Waals surface area contributed by atoms with E-state index < -0.39 is 0 Å². The van der Waals surface area contributed by atoms with Crippen LogP contribution in [0.3, 0.4) is 0 Å². The van der Waals surface area contributed by atoms with Gasteiger partial charge in [-0.1, -0.05) is 19.3 Å².